The maximum absolute atomic E-state index is 13.0. The molecule has 4 rings (SSSR count). The SMILES string of the molecule is N#Cc1cccc(CCCCn2cc(C(=O)N3CCOCC3)c3ccccc32)c1. The standard InChI is InChI=1S/C24H25N3O2/c25-17-20-8-5-7-19(16-20)6-3-4-11-27-18-22(21-9-1-2-10-23(21)27)24(28)26-12-14-29-15-13-26/h1-2,5,7-10,16,18H,3-4,6,11-15H2. The van der Waals surface area contributed by atoms with Crippen molar-refractivity contribution >= 4 is 16.8 Å². The summed E-state index contributed by atoms with van der Waals surface area (Å²) in [6.07, 6.45) is 5.02. The van der Waals surface area contributed by atoms with E-state index in [2.05, 4.69) is 22.8 Å². The van der Waals surface area contributed by atoms with E-state index in [0.29, 0.717) is 31.9 Å². The summed E-state index contributed by atoms with van der Waals surface area (Å²) in [5.41, 5.74) is 3.80. The molecule has 2 heterocycles. The van der Waals surface area contributed by atoms with E-state index in [4.69, 9.17) is 10.00 Å². The van der Waals surface area contributed by atoms with Crippen LogP contribution in [-0.4, -0.2) is 41.7 Å². The van der Waals surface area contributed by atoms with Gasteiger partial charge in [-0.3, -0.25) is 4.79 Å². The van der Waals surface area contributed by atoms with Gasteiger partial charge in [0.1, 0.15) is 0 Å². The van der Waals surface area contributed by atoms with Gasteiger partial charge in [0.2, 0.25) is 0 Å². The molecule has 1 amide bonds. The lowest BCUT2D eigenvalue weighted by atomic mass is 10.1. The van der Waals surface area contributed by atoms with Crippen LogP contribution in [0.15, 0.2) is 54.7 Å². The van der Waals surface area contributed by atoms with Gasteiger partial charge in [0.15, 0.2) is 0 Å². The summed E-state index contributed by atoms with van der Waals surface area (Å²) in [6, 6.07) is 18.1. The van der Waals surface area contributed by atoms with Gasteiger partial charge >= 0.3 is 0 Å². The molecule has 0 atom stereocenters. The van der Waals surface area contributed by atoms with Crippen LogP contribution >= 0.6 is 0 Å². The molecule has 148 valence electrons. The van der Waals surface area contributed by atoms with Crippen molar-refractivity contribution < 1.29 is 9.53 Å². The van der Waals surface area contributed by atoms with Gasteiger partial charge in [-0.2, -0.15) is 5.26 Å². The molecule has 0 bridgehead atoms. The number of aromatic nitrogens is 1. The Morgan fingerprint density at radius 3 is 2.72 bits per heavy atom. The molecule has 5 heteroatoms. The van der Waals surface area contributed by atoms with Crippen LogP contribution < -0.4 is 0 Å². The molecule has 29 heavy (non-hydrogen) atoms. The smallest absolute Gasteiger partial charge is 0.256 e. The van der Waals surface area contributed by atoms with Crippen molar-refractivity contribution in [1.29, 1.82) is 5.26 Å². The Hall–Kier alpha value is -3.10. The van der Waals surface area contributed by atoms with Crippen molar-refractivity contribution in [2.45, 2.75) is 25.8 Å². The van der Waals surface area contributed by atoms with E-state index < -0.39 is 0 Å². The first-order valence-corrected chi connectivity index (χ1v) is 10.2. The first kappa shape index (κ1) is 19.2. The van der Waals surface area contributed by atoms with E-state index in [9.17, 15) is 4.79 Å². The van der Waals surface area contributed by atoms with Gasteiger partial charge in [0, 0.05) is 36.7 Å². The van der Waals surface area contributed by atoms with Gasteiger partial charge in [0.05, 0.1) is 30.4 Å². The van der Waals surface area contributed by atoms with Crippen molar-refractivity contribution in [3.63, 3.8) is 0 Å². The predicted molar refractivity (Wildman–Crippen MR) is 113 cm³/mol. The van der Waals surface area contributed by atoms with Crippen molar-refractivity contribution in [2.75, 3.05) is 26.3 Å². The van der Waals surface area contributed by atoms with E-state index in [1.54, 1.807) is 0 Å². The average molecular weight is 387 g/mol. The molecular formula is C24H25N3O2. The van der Waals surface area contributed by atoms with Gasteiger partial charge in [-0.25, -0.2) is 0 Å². The van der Waals surface area contributed by atoms with Gasteiger partial charge in [0.25, 0.3) is 5.91 Å². The summed E-state index contributed by atoms with van der Waals surface area (Å²) in [6.45, 7) is 3.39. The topological polar surface area (TPSA) is 58.3 Å². The lowest BCUT2D eigenvalue weighted by Gasteiger charge is -2.26. The molecule has 0 aliphatic carbocycles. The minimum absolute atomic E-state index is 0.0940. The van der Waals surface area contributed by atoms with E-state index in [1.807, 2.05) is 47.5 Å². The van der Waals surface area contributed by atoms with Crippen LogP contribution in [0, 0.1) is 11.3 Å². The number of morpholine rings is 1. The highest BCUT2D eigenvalue weighted by atomic mass is 16.5. The van der Waals surface area contributed by atoms with E-state index >= 15 is 0 Å². The number of para-hydroxylation sites is 1. The molecule has 0 N–H and O–H groups in total. The first-order valence-electron chi connectivity index (χ1n) is 10.2. The summed E-state index contributed by atoms with van der Waals surface area (Å²) in [7, 11) is 0. The quantitative estimate of drug-likeness (QED) is 0.601. The summed E-state index contributed by atoms with van der Waals surface area (Å²) >= 11 is 0. The average Bonchev–Trinajstić information content (AvgIpc) is 3.16. The summed E-state index contributed by atoms with van der Waals surface area (Å²) in [5.74, 6) is 0.0940. The minimum atomic E-state index is 0.0940. The zero-order chi connectivity index (χ0) is 20.1. The second-order valence-electron chi connectivity index (χ2n) is 7.43. The maximum atomic E-state index is 13.0. The first-order chi connectivity index (χ1) is 14.3. The van der Waals surface area contributed by atoms with Gasteiger partial charge in [-0.15, -0.1) is 0 Å². The molecule has 1 saturated heterocycles. The third kappa shape index (κ3) is 4.33. The number of hydrogen-bond acceptors (Lipinski definition) is 3. The second kappa shape index (κ2) is 8.93. The summed E-state index contributed by atoms with van der Waals surface area (Å²) in [5, 5.41) is 10.1. The number of unbranched alkanes of at least 4 members (excludes halogenated alkanes) is 1. The number of nitriles is 1. The highest BCUT2D eigenvalue weighted by Gasteiger charge is 2.22. The Balaban J connectivity index is 1.45. The van der Waals surface area contributed by atoms with Crippen LogP contribution in [0.1, 0.15) is 34.3 Å². The van der Waals surface area contributed by atoms with Crippen molar-refractivity contribution in [2.24, 2.45) is 0 Å². The highest BCUT2D eigenvalue weighted by molar-refractivity contribution is 6.07. The third-order valence-corrected chi connectivity index (χ3v) is 5.49. The molecule has 1 fully saturated rings. The molecule has 5 nitrogen and oxygen atoms in total. The molecule has 2 aromatic carbocycles. The number of ether oxygens (including phenoxy) is 1. The van der Waals surface area contributed by atoms with E-state index in [-0.39, 0.29) is 5.91 Å². The van der Waals surface area contributed by atoms with Gasteiger partial charge in [-0.1, -0.05) is 30.3 Å². The second-order valence-corrected chi connectivity index (χ2v) is 7.43. The van der Waals surface area contributed by atoms with Crippen LogP contribution in [0.5, 0.6) is 0 Å². The molecule has 1 aliphatic heterocycles. The molecule has 1 aromatic heterocycles. The predicted octanol–water partition coefficient (Wildman–Crippen LogP) is 4.01. The maximum Gasteiger partial charge on any atom is 0.256 e. The zero-order valence-corrected chi connectivity index (χ0v) is 16.5. The Morgan fingerprint density at radius 2 is 1.90 bits per heavy atom. The normalized spacial score (nSPS) is 14.1. The Labute approximate surface area is 171 Å². The van der Waals surface area contributed by atoms with Crippen LogP contribution in [0.25, 0.3) is 10.9 Å². The lowest BCUT2D eigenvalue weighted by Crippen LogP contribution is -2.40. The van der Waals surface area contributed by atoms with E-state index in [1.165, 1.54) is 5.56 Å². The van der Waals surface area contributed by atoms with Crippen LogP contribution in [0.3, 0.4) is 0 Å². The lowest BCUT2D eigenvalue weighted by molar-refractivity contribution is 0.0304. The summed E-state index contributed by atoms with van der Waals surface area (Å²) < 4.78 is 7.58. The number of amides is 1. The Kier molecular flexibility index (Phi) is 5.92. The Morgan fingerprint density at radius 1 is 1.07 bits per heavy atom. The van der Waals surface area contributed by atoms with E-state index in [0.717, 1.165) is 42.3 Å². The highest BCUT2D eigenvalue weighted by Crippen LogP contribution is 2.24. The largest absolute Gasteiger partial charge is 0.378 e. The molecule has 1 aliphatic rings. The monoisotopic (exact) mass is 387 g/mol. The fourth-order valence-electron chi connectivity index (χ4n) is 3.95. The zero-order valence-electron chi connectivity index (χ0n) is 16.5. The molecular weight excluding hydrogens is 362 g/mol. The molecule has 0 spiro atoms. The number of nitrogens with zero attached hydrogens (tertiary/aromatic N) is 3. The van der Waals surface area contributed by atoms with Gasteiger partial charge in [-0.05, 0) is 43.0 Å². The van der Waals surface area contributed by atoms with Gasteiger partial charge < -0.3 is 14.2 Å². The summed E-state index contributed by atoms with van der Waals surface area (Å²) in [4.78, 5) is 14.9. The minimum Gasteiger partial charge on any atom is -0.378 e. The van der Waals surface area contributed by atoms with Crippen LogP contribution in [0.4, 0.5) is 0 Å². The van der Waals surface area contributed by atoms with Crippen LogP contribution in [0.2, 0.25) is 0 Å². The third-order valence-electron chi connectivity index (χ3n) is 5.49. The fourth-order valence-corrected chi connectivity index (χ4v) is 3.95. The number of carbonyl (C=O) groups excluding carboxylic acids is 1. The molecule has 0 unspecified atom stereocenters. The molecule has 3 aromatic rings. The number of rotatable bonds is 6. The number of benzene rings is 2. The van der Waals surface area contributed by atoms with Crippen molar-refractivity contribution in [1.82, 2.24) is 9.47 Å². The fraction of sp³-hybridized carbons (Fsp3) is 0.333. The number of aryl methyl sites for hydroxylation is 2. The molecule has 0 saturated carbocycles. The number of hydrogen-bond donors (Lipinski definition) is 0. The number of fused-ring (bicyclic) bond motifs is 1. The molecule has 0 radical (unpaired) electrons. The van der Waals surface area contributed by atoms with Crippen LogP contribution in [-0.2, 0) is 17.7 Å². The number of carbonyl (C=O) groups is 1. The van der Waals surface area contributed by atoms with Crippen molar-refractivity contribution in [3.05, 3.63) is 71.4 Å². The van der Waals surface area contributed by atoms with Crippen molar-refractivity contribution in [3.8, 4) is 6.07 Å². The Bertz CT molecular complexity index is 1040.